The van der Waals surface area contributed by atoms with E-state index in [9.17, 15) is 0 Å². The molecule has 7 heavy (non-hydrogen) atoms. The van der Waals surface area contributed by atoms with Crippen LogP contribution in [0.3, 0.4) is 0 Å². The molecule has 0 saturated heterocycles. The smallest absolute Gasteiger partial charge is 0.102 e. The van der Waals surface area contributed by atoms with Gasteiger partial charge in [-0.2, -0.15) is 0 Å². The van der Waals surface area contributed by atoms with Crippen molar-refractivity contribution in [2.45, 2.75) is 6.17 Å². The van der Waals surface area contributed by atoms with Gasteiger partial charge in [0.15, 0.2) is 0 Å². The molecule has 0 aromatic carbocycles. The summed E-state index contributed by atoms with van der Waals surface area (Å²) in [4.78, 5) is 2.44. The standard InChI is InChI=1S/C3H6N4/c1-2-3(4)6-7-5/h2-3H,1,4H2. The molecule has 4 heteroatoms. The Morgan fingerprint density at radius 3 is 2.71 bits per heavy atom. The Hall–Kier alpha value is -0.990. The van der Waals surface area contributed by atoms with E-state index >= 15 is 0 Å². The highest BCUT2D eigenvalue weighted by molar-refractivity contribution is 4.79. The van der Waals surface area contributed by atoms with E-state index in [1.54, 1.807) is 0 Å². The van der Waals surface area contributed by atoms with Gasteiger partial charge < -0.3 is 5.73 Å². The van der Waals surface area contributed by atoms with Gasteiger partial charge in [0.1, 0.15) is 6.17 Å². The molecule has 1 atom stereocenters. The molecular weight excluding hydrogens is 92.1 g/mol. The summed E-state index contributed by atoms with van der Waals surface area (Å²) in [5.74, 6) is 0. The minimum absolute atomic E-state index is 0.579. The predicted molar refractivity (Wildman–Crippen MR) is 27.3 cm³/mol. The van der Waals surface area contributed by atoms with Crippen LogP contribution in [0.2, 0.25) is 0 Å². The Morgan fingerprint density at radius 1 is 2.00 bits per heavy atom. The van der Waals surface area contributed by atoms with E-state index in [0.29, 0.717) is 0 Å². The van der Waals surface area contributed by atoms with E-state index in [1.807, 2.05) is 0 Å². The van der Waals surface area contributed by atoms with Crippen molar-refractivity contribution >= 4 is 0 Å². The van der Waals surface area contributed by atoms with Crippen molar-refractivity contribution in [3.63, 3.8) is 0 Å². The van der Waals surface area contributed by atoms with Crippen molar-refractivity contribution in [2.24, 2.45) is 10.8 Å². The Kier molecular flexibility index (Phi) is 2.76. The largest absolute Gasteiger partial charge is 0.320 e. The molecule has 0 aliphatic heterocycles. The Morgan fingerprint density at radius 2 is 2.57 bits per heavy atom. The van der Waals surface area contributed by atoms with Crippen LogP contribution in [0.4, 0.5) is 0 Å². The fourth-order valence-electron chi connectivity index (χ4n) is 0.107. The van der Waals surface area contributed by atoms with Gasteiger partial charge >= 0.3 is 0 Å². The van der Waals surface area contributed by atoms with Gasteiger partial charge in [-0.1, -0.05) is 11.2 Å². The molecule has 1 unspecified atom stereocenters. The zero-order valence-electron chi connectivity index (χ0n) is 3.78. The summed E-state index contributed by atoms with van der Waals surface area (Å²) in [5, 5.41) is 3.08. The van der Waals surface area contributed by atoms with Gasteiger partial charge in [-0.15, -0.1) is 6.58 Å². The summed E-state index contributed by atoms with van der Waals surface area (Å²) >= 11 is 0. The summed E-state index contributed by atoms with van der Waals surface area (Å²) in [7, 11) is 0. The summed E-state index contributed by atoms with van der Waals surface area (Å²) in [6, 6.07) is 0. The van der Waals surface area contributed by atoms with Crippen LogP contribution in [0.5, 0.6) is 0 Å². The van der Waals surface area contributed by atoms with Crippen LogP contribution in [0.25, 0.3) is 10.4 Å². The van der Waals surface area contributed by atoms with Crippen LogP contribution in [0.1, 0.15) is 0 Å². The lowest BCUT2D eigenvalue weighted by Gasteiger charge is -1.87. The van der Waals surface area contributed by atoms with Gasteiger partial charge in [0.25, 0.3) is 0 Å². The number of rotatable bonds is 2. The zero-order chi connectivity index (χ0) is 5.70. The maximum atomic E-state index is 7.70. The Labute approximate surface area is 41.3 Å². The second kappa shape index (κ2) is 3.21. The summed E-state index contributed by atoms with van der Waals surface area (Å²) in [6.07, 6.45) is 0.782. The van der Waals surface area contributed by atoms with Crippen molar-refractivity contribution in [3.8, 4) is 0 Å². The normalized spacial score (nSPS) is 11.6. The molecule has 0 bridgehead atoms. The zero-order valence-corrected chi connectivity index (χ0v) is 3.78. The lowest BCUT2D eigenvalue weighted by molar-refractivity contribution is 0.866. The van der Waals surface area contributed by atoms with E-state index in [1.165, 1.54) is 6.08 Å². The quantitative estimate of drug-likeness (QED) is 0.235. The maximum Gasteiger partial charge on any atom is 0.102 e. The number of hydrogen-bond donors (Lipinski definition) is 1. The predicted octanol–water partition coefficient (Wildman–Crippen LogP) is 0.768. The molecule has 0 heterocycles. The van der Waals surface area contributed by atoms with Gasteiger partial charge in [0.05, 0.1) is 0 Å². The molecule has 4 nitrogen and oxygen atoms in total. The van der Waals surface area contributed by atoms with Crippen molar-refractivity contribution in [1.29, 1.82) is 0 Å². The third kappa shape index (κ3) is 2.82. The van der Waals surface area contributed by atoms with E-state index in [0.717, 1.165) is 0 Å². The van der Waals surface area contributed by atoms with Crippen LogP contribution in [0.15, 0.2) is 17.8 Å². The third-order valence-electron chi connectivity index (χ3n) is 0.426. The first-order chi connectivity index (χ1) is 3.31. The highest BCUT2D eigenvalue weighted by Gasteiger charge is 1.82. The minimum Gasteiger partial charge on any atom is -0.320 e. The number of azide groups is 1. The van der Waals surface area contributed by atoms with Crippen LogP contribution >= 0.6 is 0 Å². The topological polar surface area (TPSA) is 74.8 Å². The van der Waals surface area contributed by atoms with Crippen molar-refractivity contribution < 1.29 is 0 Å². The molecule has 0 aromatic rings. The summed E-state index contributed by atoms with van der Waals surface area (Å²) < 4.78 is 0. The van der Waals surface area contributed by atoms with Gasteiger partial charge in [-0.25, -0.2) is 0 Å². The van der Waals surface area contributed by atoms with E-state index in [4.69, 9.17) is 11.3 Å². The van der Waals surface area contributed by atoms with Crippen molar-refractivity contribution in [2.75, 3.05) is 0 Å². The number of hydrogen-bond acceptors (Lipinski definition) is 2. The molecule has 0 radical (unpaired) electrons. The Balaban J connectivity index is 3.56. The van der Waals surface area contributed by atoms with Gasteiger partial charge in [-0.05, 0) is 5.53 Å². The van der Waals surface area contributed by atoms with Crippen molar-refractivity contribution in [3.05, 3.63) is 23.1 Å². The number of nitrogens with zero attached hydrogens (tertiary/aromatic N) is 3. The molecule has 2 N–H and O–H groups in total. The number of nitrogens with two attached hydrogens (primary N) is 1. The monoisotopic (exact) mass is 98.1 g/mol. The molecule has 0 spiro atoms. The van der Waals surface area contributed by atoms with E-state index in [-0.39, 0.29) is 0 Å². The maximum absolute atomic E-state index is 7.70. The first kappa shape index (κ1) is 6.01. The molecule has 38 valence electrons. The van der Waals surface area contributed by atoms with Crippen LogP contribution in [-0.2, 0) is 0 Å². The summed E-state index contributed by atoms with van der Waals surface area (Å²) in [5.41, 5.74) is 12.7. The van der Waals surface area contributed by atoms with Crippen molar-refractivity contribution in [1.82, 2.24) is 0 Å². The minimum atomic E-state index is -0.579. The highest BCUT2D eigenvalue weighted by atomic mass is 15.2. The van der Waals surface area contributed by atoms with Gasteiger partial charge in [0, 0.05) is 4.91 Å². The second-order valence-electron chi connectivity index (χ2n) is 0.931. The van der Waals surface area contributed by atoms with Crippen LogP contribution in [0, 0.1) is 0 Å². The van der Waals surface area contributed by atoms with E-state index < -0.39 is 6.17 Å². The first-order valence-corrected chi connectivity index (χ1v) is 1.73. The van der Waals surface area contributed by atoms with Crippen LogP contribution in [-0.4, -0.2) is 6.17 Å². The summed E-state index contributed by atoms with van der Waals surface area (Å²) in [6.45, 7) is 3.29. The SMILES string of the molecule is C=CC(N)N=[N+]=[N-]. The molecule has 0 aliphatic carbocycles. The molecular formula is C3H6N4. The average Bonchev–Trinajstić information content (AvgIpc) is 1.68. The second-order valence-corrected chi connectivity index (χ2v) is 0.931. The van der Waals surface area contributed by atoms with E-state index in [2.05, 4.69) is 16.6 Å². The molecule has 0 saturated carbocycles. The van der Waals surface area contributed by atoms with Gasteiger partial charge in [-0.3, -0.25) is 0 Å². The Bertz CT molecular complexity index is 102. The fourth-order valence-corrected chi connectivity index (χ4v) is 0.107. The fraction of sp³-hybridized carbons (Fsp3) is 0.333. The van der Waals surface area contributed by atoms with Gasteiger partial charge in [0.2, 0.25) is 0 Å². The van der Waals surface area contributed by atoms with Crippen LogP contribution < -0.4 is 5.73 Å². The molecule has 0 fully saturated rings. The lowest BCUT2D eigenvalue weighted by Crippen LogP contribution is -2.10. The lowest BCUT2D eigenvalue weighted by atomic mass is 10.5. The molecule has 0 aromatic heterocycles. The molecule has 0 amide bonds. The third-order valence-corrected chi connectivity index (χ3v) is 0.426. The average molecular weight is 98.1 g/mol. The highest BCUT2D eigenvalue weighted by Crippen LogP contribution is 1.78. The first-order valence-electron chi connectivity index (χ1n) is 1.73. The molecule has 0 rings (SSSR count). The molecule has 0 aliphatic rings.